The Balaban J connectivity index is 2.20. The normalized spacial score (nSPS) is 23.2. The summed E-state index contributed by atoms with van der Waals surface area (Å²) in [4.78, 5) is 13.4. The third-order valence-corrected chi connectivity index (χ3v) is 4.59. The van der Waals surface area contributed by atoms with E-state index < -0.39 is 21.2 Å². The highest BCUT2D eigenvalue weighted by Crippen LogP contribution is 2.18. The summed E-state index contributed by atoms with van der Waals surface area (Å²) in [6.45, 7) is 0.404. The fraction of sp³-hybridized carbons (Fsp3) is 0.556. The first kappa shape index (κ1) is 12.1. The smallest absolute Gasteiger partial charge is 0.246 e. The van der Waals surface area contributed by atoms with E-state index in [2.05, 4.69) is 14.9 Å². The van der Waals surface area contributed by atoms with Crippen molar-refractivity contribution in [2.24, 2.45) is 0 Å². The van der Waals surface area contributed by atoms with Crippen LogP contribution in [0.5, 0.6) is 0 Å². The molecule has 0 bridgehead atoms. The Bertz CT molecular complexity index is 496. The largest absolute Gasteiger partial charge is 0.311 e. The van der Waals surface area contributed by atoms with Gasteiger partial charge in [-0.05, 0) is 12.8 Å². The van der Waals surface area contributed by atoms with Gasteiger partial charge in [0.25, 0.3) is 0 Å². The molecule has 2 N–H and O–H groups in total. The molecule has 0 saturated carbocycles. The van der Waals surface area contributed by atoms with Crippen LogP contribution in [0.1, 0.15) is 12.8 Å². The molecule has 0 aliphatic carbocycles. The van der Waals surface area contributed by atoms with Crippen LogP contribution in [0.2, 0.25) is 0 Å². The van der Waals surface area contributed by atoms with E-state index in [9.17, 15) is 13.2 Å². The van der Waals surface area contributed by atoms with Crippen LogP contribution in [0, 0.1) is 0 Å². The lowest BCUT2D eigenvalue weighted by molar-refractivity contribution is -0.118. The molecule has 8 heteroatoms. The Labute approximate surface area is 99.2 Å². The zero-order valence-corrected chi connectivity index (χ0v) is 10.2. The number of nitrogens with zero attached hydrogens (tertiary/aromatic N) is 2. The summed E-state index contributed by atoms with van der Waals surface area (Å²) in [5.41, 5.74) is 0.552. The summed E-state index contributed by atoms with van der Waals surface area (Å²) >= 11 is 0. The van der Waals surface area contributed by atoms with Gasteiger partial charge in [-0.1, -0.05) is 0 Å². The number of hydrogen-bond donors (Lipinski definition) is 2. The molecule has 2 rings (SSSR count). The molecular formula is C9H14N4O3S. The van der Waals surface area contributed by atoms with Crippen molar-refractivity contribution in [1.82, 2.24) is 14.9 Å². The van der Waals surface area contributed by atoms with Crippen LogP contribution < -0.4 is 9.62 Å². The van der Waals surface area contributed by atoms with Gasteiger partial charge < -0.3 is 4.90 Å². The number of nitrogens with one attached hydrogen (secondary N) is 2. The number of H-pyrrole nitrogens is 1. The van der Waals surface area contributed by atoms with Gasteiger partial charge in [0.15, 0.2) is 5.25 Å². The van der Waals surface area contributed by atoms with Crippen molar-refractivity contribution >= 4 is 21.6 Å². The standard InChI is InChI=1S/C9H14N4O3S/c1-13(7-5-10-11-6-7)9(14)8-3-2-4-12-17(8,15)16/h5-6,8,12H,2-4H2,1H3,(H,10,11). The summed E-state index contributed by atoms with van der Waals surface area (Å²) in [5, 5.41) is 5.30. The summed E-state index contributed by atoms with van der Waals surface area (Å²) in [5.74, 6) is -0.432. The van der Waals surface area contributed by atoms with Crippen LogP contribution in [0.3, 0.4) is 0 Å². The van der Waals surface area contributed by atoms with Crippen molar-refractivity contribution in [3.05, 3.63) is 12.4 Å². The third-order valence-electron chi connectivity index (χ3n) is 2.80. The number of anilines is 1. The van der Waals surface area contributed by atoms with Gasteiger partial charge in [-0.25, -0.2) is 13.1 Å². The van der Waals surface area contributed by atoms with Crippen LogP contribution in [0.15, 0.2) is 12.4 Å². The minimum absolute atomic E-state index is 0.357. The monoisotopic (exact) mass is 258 g/mol. The van der Waals surface area contributed by atoms with Gasteiger partial charge in [0.1, 0.15) is 0 Å². The van der Waals surface area contributed by atoms with E-state index in [4.69, 9.17) is 0 Å². The molecule has 7 nitrogen and oxygen atoms in total. The quantitative estimate of drug-likeness (QED) is 0.744. The molecular weight excluding hydrogens is 244 g/mol. The maximum atomic E-state index is 12.1. The van der Waals surface area contributed by atoms with Crippen molar-refractivity contribution < 1.29 is 13.2 Å². The van der Waals surface area contributed by atoms with E-state index in [1.54, 1.807) is 6.20 Å². The number of carbonyl (C=O) groups excluding carboxylic acids is 1. The van der Waals surface area contributed by atoms with E-state index in [1.807, 2.05) is 0 Å². The predicted octanol–water partition coefficient (Wildman–Crippen LogP) is -0.546. The number of hydrogen-bond acceptors (Lipinski definition) is 4. The van der Waals surface area contributed by atoms with Crippen molar-refractivity contribution in [3.63, 3.8) is 0 Å². The minimum Gasteiger partial charge on any atom is -0.311 e. The first-order chi connectivity index (χ1) is 8.02. The van der Waals surface area contributed by atoms with E-state index in [0.717, 1.165) is 0 Å². The lowest BCUT2D eigenvalue weighted by Crippen LogP contribution is -2.49. The fourth-order valence-electron chi connectivity index (χ4n) is 1.78. The van der Waals surface area contributed by atoms with Crippen LogP contribution in [0.25, 0.3) is 0 Å². The molecule has 94 valence electrons. The second kappa shape index (κ2) is 4.46. The molecule has 0 aromatic carbocycles. The Morgan fingerprint density at radius 1 is 1.59 bits per heavy atom. The number of carbonyl (C=O) groups is 1. The zero-order chi connectivity index (χ0) is 12.5. The Morgan fingerprint density at radius 2 is 2.35 bits per heavy atom. The van der Waals surface area contributed by atoms with Gasteiger partial charge in [-0.15, -0.1) is 0 Å². The fourth-order valence-corrected chi connectivity index (χ4v) is 3.32. The lowest BCUT2D eigenvalue weighted by atomic mass is 10.2. The Kier molecular flexibility index (Phi) is 3.16. The van der Waals surface area contributed by atoms with E-state index in [0.29, 0.717) is 25.1 Å². The maximum Gasteiger partial charge on any atom is 0.246 e. The number of aromatic nitrogens is 2. The lowest BCUT2D eigenvalue weighted by Gasteiger charge is -2.25. The van der Waals surface area contributed by atoms with Crippen molar-refractivity contribution in [1.29, 1.82) is 0 Å². The molecule has 2 heterocycles. The molecule has 1 aromatic heterocycles. The summed E-state index contributed by atoms with van der Waals surface area (Å²) in [6.07, 6.45) is 4.05. The molecule has 17 heavy (non-hydrogen) atoms. The number of amides is 1. The third kappa shape index (κ3) is 2.32. The van der Waals surface area contributed by atoms with Gasteiger partial charge in [-0.3, -0.25) is 9.89 Å². The summed E-state index contributed by atoms with van der Waals surface area (Å²) in [7, 11) is -1.99. The van der Waals surface area contributed by atoms with Gasteiger partial charge in [-0.2, -0.15) is 5.10 Å². The van der Waals surface area contributed by atoms with Gasteiger partial charge in [0, 0.05) is 19.8 Å². The van der Waals surface area contributed by atoms with Gasteiger partial charge in [0.2, 0.25) is 15.9 Å². The van der Waals surface area contributed by atoms with Gasteiger partial charge >= 0.3 is 0 Å². The van der Waals surface area contributed by atoms with E-state index >= 15 is 0 Å². The van der Waals surface area contributed by atoms with Crippen LogP contribution >= 0.6 is 0 Å². The van der Waals surface area contributed by atoms with E-state index in [1.165, 1.54) is 18.1 Å². The molecule has 0 radical (unpaired) electrons. The molecule has 1 aliphatic rings. The van der Waals surface area contributed by atoms with Crippen molar-refractivity contribution in [2.45, 2.75) is 18.1 Å². The van der Waals surface area contributed by atoms with Gasteiger partial charge in [0.05, 0.1) is 11.9 Å². The first-order valence-electron chi connectivity index (χ1n) is 5.27. The highest BCUT2D eigenvalue weighted by Gasteiger charge is 2.36. The van der Waals surface area contributed by atoms with E-state index in [-0.39, 0.29) is 0 Å². The SMILES string of the molecule is CN(C(=O)C1CCCNS1(=O)=O)c1cn[nH]c1. The number of rotatable bonds is 2. The van der Waals surface area contributed by atoms with Crippen LogP contribution in [0.4, 0.5) is 5.69 Å². The molecule has 1 saturated heterocycles. The second-order valence-corrected chi connectivity index (χ2v) is 5.87. The molecule has 1 aromatic rings. The maximum absolute atomic E-state index is 12.1. The number of sulfonamides is 1. The molecule has 1 atom stereocenters. The highest BCUT2D eigenvalue weighted by molar-refractivity contribution is 7.90. The molecule has 0 spiro atoms. The van der Waals surface area contributed by atoms with Crippen LogP contribution in [-0.4, -0.2) is 43.4 Å². The van der Waals surface area contributed by atoms with Crippen molar-refractivity contribution in [2.75, 3.05) is 18.5 Å². The average Bonchev–Trinajstić information content (AvgIpc) is 2.80. The zero-order valence-electron chi connectivity index (χ0n) is 9.38. The molecule has 1 aliphatic heterocycles. The number of aromatic amines is 1. The predicted molar refractivity (Wildman–Crippen MR) is 61.9 cm³/mol. The topological polar surface area (TPSA) is 95.2 Å². The average molecular weight is 258 g/mol. The molecule has 1 fully saturated rings. The Morgan fingerprint density at radius 3 is 2.94 bits per heavy atom. The molecule has 1 unspecified atom stereocenters. The Hall–Kier alpha value is -1.41. The molecule has 1 amide bonds. The summed E-state index contributed by atoms with van der Waals surface area (Å²) in [6, 6.07) is 0. The summed E-state index contributed by atoms with van der Waals surface area (Å²) < 4.78 is 25.8. The minimum atomic E-state index is -3.53. The first-order valence-corrected chi connectivity index (χ1v) is 6.82. The second-order valence-electron chi connectivity index (χ2n) is 3.92. The highest BCUT2D eigenvalue weighted by atomic mass is 32.2. The van der Waals surface area contributed by atoms with Crippen LogP contribution in [-0.2, 0) is 14.8 Å². The van der Waals surface area contributed by atoms with Crippen molar-refractivity contribution in [3.8, 4) is 0 Å².